The third-order valence-corrected chi connectivity index (χ3v) is 2.95. The van der Waals surface area contributed by atoms with E-state index in [-0.39, 0.29) is 5.75 Å². The van der Waals surface area contributed by atoms with Gasteiger partial charge in [-0.2, -0.15) is 5.10 Å². The number of aromatic nitrogens is 2. The zero-order valence-corrected chi connectivity index (χ0v) is 9.21. The van der Waals surface area contributed by atoms with Gasteiger partial charge in [-0.15, -0.1) is 0 Å². The molecule has 0 amide bonds. The van der Waals surface area contributed by atoms with Crippen LogP contribution in [0.25, 0.3) is 5.69 Å². The lowest BCUT2D eigenvalue weighted by Gasteiger charge is -2.06. The van der Waals surface area contributed by atoms with Crippen LogP contribution in [0.5, 0.6) is 5.75 Å². The van der Waals surface area contributed by atoms with Gasteiger partial charge in [0.15, 0.2) is 6.29 Å². The van der Waals surface area contributed by atoms with Crippen LogP contribution < -0.4 is 0 Å². The number of hydrogen-bond acceptors (Lipinski definition) is 3. The fraction of sp³-hybridized carbons (Fsp3) is 0.231. The third kappa shape index (κ3) is 1.82. The summed E-state index contributed by atoms with van der Waals surface area (Å²) in [5.41, 5.74) is 2.29. The molecule has 17 heavy (non-hydrogen) atoms. The molecule has 1 aromatic carbocycles. The van der Waals surface area contributed by atoms with E-state index in [4.69, 9.17) is 0 Å². The summed E-state index contributed by atoms with van der Waals surface area (Å²) in [6, 6.07) is 8.73. The molecule has 1 fully saturated rings. The number of hydrogen-bond donors (Lipinski definition) is 1. The molecule has 4 heteroatoms. The van der Waals surface area contributed by atoms with Crippen molar-refractivity contribution in [2.45, 2.75) is 18.8 Å². The van der Waals surface area contributed by atoms with Crippen molar-refractivity contribution in [1.82, 2.24) is 9.78 Å². The van der Waals surface area contributed by atoms with E-state index in [1.54, 1.807) is 22.9 Å². The standard InChI is InChI=1S/C13H12N2O2/c16-8-10-6-13(9-4-5-9)15(14-10)11-2-1-3-12(17)7-11/h1-3,6-9,17H,4-5H2. The number of aldehydes is 1. The quantitative estimate of drug-likeness (QED) is 0.820. The van der Waals surface area contributed by atoms with Gasteiger partial charge in [-0.1, -0.05) is 6.07 Å². The minimum absolute atomic E-state index is 0.201. The summed E-state index contributed by atoms with van der Waals surface area (Å²) in [5, 5.41) is 13.7. The average molecular weight is 228 g/mol. The van der Waals surface area contributed by atoms with Gasteiger partial charge < -0.3 is 5.11 Å². The Morgan fingerprint density at radius 1 is 1.35 bits per heavy atom. The van der Waals surface area contributed by atoms with Gasteiger partial charge in [-0.25, -0.2) is 4.68 Å². The van der Waals surface area contributed by atoms with Crippen LogP contribution in [0.2, 0.25) is 0 Å². The first-order valence-corrected chi connectivity index (χ1v) is 5.62. The molecule has 1 heterocycles. The van der Waals surface area contributed by atoms with Crippen LogP contribution in [0, 0.1) is 0 Å². The van der Waals surface area contributed by atoms with Gasteiger partial charge >= 0.3 is 0 Å². The molecule has 1 aliphatic carbocycles. The molecule has 0 atom stereocenters. The number of nitrogens with zero attached hydrogens (tertiary/aromatic N) is 2. The molecule has 0 bridgehead atoms. The van der Waals surface area contributed by atoms with E-state index in [0.29, 0.717) is 11.6 Å². The Kier molecular flexibility index (Phi) is 2.21. The Hall–Kier alpha value is -2.10. The lowest BCUT2D eigenvalue weighted by Crippen LogP contribution is -2.01. The molecule has 2 aromatic rings. The summed E-state index contributed by atoms with van der Waals surface area (Å²) < 4.78 is 1.75. The number of carbonyl (C=O) groups is 1. The Labute approximate surface area is 98.5 Å². The predicted molar refractivity (Wildman–Crippen MR) is 62.6 cm³/mol. The van der Waals surface area contributed by atoms with Gasteiger partial charge in [0.25, 0.3) is 0 Å². The van der Waals surface area contributed by atoms with Gasteiger partial charge in [0, 0.05) is 17.7 Å². The molecule has 86 valence electrons. The van der Waals surface area contributed by atoms with Crippen molar-refractivity contribution in [2.24, 2.45) is 0 Å². The van der Waals surface area contributed by atoms with E-state index in [1.165, 1.54) is 0 Å². The van der Waals surface area contributed by atoms with Gasteiger partial charge in [-0.05, 0) is 31.0 Å². The molecule has 0 unspecified atom stereocenters. The van der Waals surface area contributed by atoms with E-state index in [9.17, 15) is 9.90 Å². The first-order chi connectivity index (χ1) is 8.28. The van der Waals surface area contributed by atoms with Crippen molar-refractivity contribution in [3.05, 3.63) is 41.7 Å². The molecule has 3 rings (SSSR count). The molecule has 1 N–H and O–H groups in total. The zero-order chi connectivity index (χ0) is 11.8. The molecule has 0 saturated heterocycles. The first kappa shape index (κ1) is 10.1. The number of phenolic OH excluding ortho intramolecular Hbond substituents is 1. The number of carbonyl (C=O) groups excluding carboxylic acids is 1. The minimum Gasteiger partial charge on any atom is -0.508 e. The number of benzene rings is 1. The Morgan fingerprint density at radius 2 is 2.18 bits per heavy atom. The van der Waals surface area contributed by atoms with Gasteiger partial charge in [-0.3, -0.25) is 4.79 Å². The summed E-state index contributed by atoms with van der Waals surface area (Å²) in [4.78, 5) is 10.8. The third-order valence-electron chi connectivity index (χ3n) is 2.95. The number of aromatic hydroxyl groups is 1. The average Bonchev–Trinajstić information content (AvgIpc) is 3.08. The molecule has 4 nitrogen and oxygen atoms in total. The lowest BCUT2D eigenvalue weighted by atomic mass is 10.2. The minimum atomic E-state index is 0.201. The van der Waals surface area contributed by atoms with Crippen molar-refractivity contribution in [3.63, 3.8) is 0 Å². The Morgan fingerprint density at radius 3 is 2.82 bits per heavy atom. The van der Waals surface area contributed by atoms with E-state index >= 15 is 0 Å². The molecule has 0 aliphatic heterocycles. The Bertz CT molecular complexity index is 571. The van der Waals surface area contributed by atoms with E-state index in [1.807, 2.05) is 12.1 Å². The topological polar surface area (TPSA) is 55.1 Å². The van der Waals surface area contributed by atoms with E-state index in [0.717, 1.165) is 30.5 Å². The maximum absolute atomic E-state index is 10.8. The normalized spacial score (nSPS) is 14.8. The Balaban J connectivity index is 2.12. The van der Waals surface area contributed by atoms with Crippen LogP contribution in [0.3, 0.4) is 0 Å². The predicted octanol–water partition coefficient (Wildman–Crippen LogP) is 2.27. The van der Waals surface area contributed by atoms with Crippen molar-refractivity contribution in [3.8, 4) is 11.4 Å². The maximum Gasteiger partial charge on any atom is 0.170 e. The second-order valence-corrected chi connectivity index (χ2v) is 4.32. The molecule has 1 aromatic heterocycles. The van der Waals surface area contributed by atoms with Crippen LogP contribution >= 0.6 is 0 Å². The van der Waals surface area contributed by atoms with Crippen LogP contribution in [0.15, 0.2) is 30.3 Å². The molecular weight excluding hydrogens is 216 g/mol. The molecule has 1 aliphatic rings. The van der Waals surface area contributed by atoms with E-state index < -0.39 is 0 Å². The fourth-order valence-corrected chi connectivity index (χ4v) is 1.97. The SMILES string of the molecule is O=Cc1cc(C2CC2)n(-c2cccc(O)c2)n1. The summed E-state index contributed by atoms with van der Waals surface area (Å²) in [7, 11) is 0. The monoisotopic (exact) mass is 228 g/mol. The second kappa shape index (κ2) is 3.73. The molecule has 0 radical (unpaired) electrons. The first-order valence-electron chi connectivity index (χ1n) is 5.62. The number of phenols is 1. The highest BCUT2D eigenvalue weighted by molar-refractivity contribution is 5.72. The lowest BCUT2D eigenvalue weighted by molar-refractivity contribution is 0.111. The smallest absolute Gasteiger partial charge is 0.170 e. The van der Waals surface area contributed by atoms with Crippen molar-refractivity contribution in [1.29, 1.82) is 0 Å². The number of rotatable bonds is 3. The summed E-state index contributed by atoms with van der Waals surface area (Å²) in [6.07, 6.45) is 3.04. The molecule has 0 spiro atoms. The summed E-state index contributed by atoms with van der Waals surface area (Å²) in [6.45, 7) is 0. The van der Waals surface area contributed by atoms with Gasteiger partial charge in [0.1, 0.15) is 11.4 Å². The second-order valence-electron chi connectivity index (χ2n) is 4.32. The zero-order valence-electron chi connectivity index (χ0n) is 9.21. The highest BCUT2D eigenvalue weighted by Crippen LogP contribution is 2.41. The summed E-state index contributed by atoms with van der Waals surface area (Å²) in [5.74, 6) is 0.700. The van der Waals surface area contributed by atoms with Gasteiger partial charge in [0.2, 0.25) is 0 Å². The van der Waals surface area contributed by atoms with Crippen LogP contribution in [0.4, 0.5) is 0 Å². The fourth-order valence-electron chi connectivity index (χ4n) is 1.97. The maximum atomic E-state index is 10.8. The molecule has 1 saturated carbocycles. The largest absolute Gasteiger partial charge is 0.508 e. The molecular formula is C13H12N2O2. The highest BCUT2D eigenvalue weighted by Gasteiger charge is 2.28. The van der Waals surface area contributed by atoms with Crippen LogP contribution in [-0.4, -0.2) is 21.2 Å². The highest BCUT2D eigenvalue weighted by atomic mass is 16.3. The van der Waals surface area contributed by atoms with Crippen molar-refractivity contribution < 1.29 is 9.90 Å². The summed E-state index contributed by atoms with van der Waals surface area (Å²) >= 11 is 0. The van der Waals surface area contributed by atoms with Crippen molar-refractivity contribution >= 4 is 6.29 Å². The van der Waals surface area contributed by atoms with Gasteiger partial charge in [0.05, 0.1) is 5.69 Å². The van der Waals surface area contributed by atoms with Crippen molar-refractivity contribution in [2.75, 3.05) is 0 Å². The van der Waals surface area contributed by atoms with E-state index in [2.05, 4.69) is 5.10 Å². The van der Waals surface area contributed by atoms with Crippen LogP contribution in [0.1, 0.15) is 34.9 Å². The van der Waals surface area contributed by atoms with Crippen LogP contribution in [-0.2, 0) is 0 Å².